The van der Waals surface area contributed by atoms with Crippen molar-refractivity contribution in [3.05, 3.63) is 18.5 Å². The lowest BCUT2D eigenvalue weighted by atomic mass is 10.2. The number of H-pyrrole nitrogens is 1. The standard InChI is InChI=1S/C11H14N5OS/c1-6(2)4-7(17)14-10-8-9(13-5-12-8)15-11(16-10)18-3/h5,7,17H,1,4H2,2-3H3,(H,12,13,15,16). The summed E-state index contributed by atoms with van der Waals surface area (Å²) >= 11 is 1.41. The van der Waals surface area contributed by atoms with Crippen LogP contribution in [0.25, 0.3) is 11.2 Å². The van der Waals surface area contributed by atoms with Gasteiger partial charge in [0.15, 0.2) is 22.8 Å². The van der Waals surface area contributed by atoms with E-state index in [0.717, 1.165) is 5.57 Å². The van der Waals surface area contributed by atoms with E-state index in [1.54, 1.807) is 0 Å². The molecule has 2 heterocycles. The quantitative estimate of drug-likeness (QED) is 0.486. The number of fused-ring (bicyclic) bond motifs is 1. The van der Waals surface area contributed by atoms with Gasteiger partial charge < -0.3 is 10.1 Å². The largest absolute Gasteiger partial charge is 0.371 e. The Hall–Kier alpha value is -1.60. The van der Waals surface area contributed by atoms with E-state index in [9.17, 15) is 5.11 Å². The third-order valence-corrected chi connectivity index (χ3v) is 2.78. The Kier molecular flexibility index (Phi) is 3.83. The fraction of sp³-hybridized carbons (Fsp3) is 0.364. The van der Waals surface area contributed by atoms with Crippen LogP contribution in [0.2, 0.25) is 0 Å². The van der Waals surface area contributed by atoms with Crippen molar-refractivity contribution < 1.29 is 5.11 Å². The van der Waals surface area contributed by atoms with Gasteiger partial charge >= 0.3 is 0 Å². The highest BCUT2D eigenvalue weighted by Crippen LogP contribution is 2.21. The van der Waals surface area contributed by atoms with Gasteiger partial charge in [-0.2, -0.15) is 0 Å². The van der Waals surface area contributed by atoms with Crippen LogP contribution >= 0.6 is 11.8 Å². The maximum absolute atomic E-state index is 9.80. The van der Waals surface area contributed by atoms with E-state index < -0.39 is 6.23 Å². The molecule has 0 spiro atoms. The number of thioether (sulfide) groups is 1. The molecule has 7 heteroatoms. The number of aromatic nitrogens is 4. The highest BCUT2D eigenvalue weighted by atomic mass is 32.2. The zero-order valence-electron chi connectivity index (χ0n) is 10.2. The Labute approximate surface area is 109 Å². The molecular weight excluding hydrogens is 250 g/mol. The molecule has 18 heavy (non-hydrogen) atoms. The number of hydrogen-bond acceptors (Lipinski definition) is 5. The van der Waals surface area contributed by atoms with Gasteiger partial charge in [-0.3, -0.25) is 0 Å². The van der Waals surface area contributed by atoms with Crippen LogP contribution < -0.4 is 5.32 Å². The minimum atomic E-state index is -0.849. The van der Waals surface area contributed by atoms with Gasteiger partial charge in [0.25, 0.3) is 0 Å². The van der Waals surface area contributed by atoms with E-state index >= 15 is 0 Å². The fourth-order valence-corrected chi connectivity index (χ4v) is 1.84. The SMILES string of the molecule is C=C(C)CC(O)[N]c1nc(SC)nc2nc[nH]c12. The molecule has 0 aliphatic rings. The van der Waals surface area contributed by atoms with E-state index in [0.29, 0.717) is 28.6 Å². The summed E-state index contributed by atoms with van der Waals surface area (Å²) < 4.78 is 0. The van der Waals surface area contributed by atoms with Crippen LogP contribution in [0.4, 0.5) is 5.82 Å². The first-order valence-electron chi connectivity index (χ1n) is 5.38. The number of nitrogens with zero attached hydrogens (tertiary/aromatic N) is 4. The number of aromatic amines is 1. The third kappa shape index (κ3) is 2.80. The number of nitrogens with one attached hydrogen (secondary N) is 1. The molecule has 2 N–H and O–H groups in total. The molecule has 6 nitrogen and oxygen atoms in total. The van der Waals surface area contributed by atoms with E-state index in [2.05, 4.69) is 31.8 Å². The Bertz CT molecular complexity index is 568. The highest BCUT2D eigenvalue weighted by molar-refractivity contribution is 7.98. The molecule has 0 aromatic carbocycles. The van der Waals surface area contributed by atoms with Gasteiger partial charge in [-0.15, -0.1) is 0 Å². The molecule has 0 bridgehead atoms. The Morgan fingerprint density at radius 2 is 2.39 bits per heavy atom. The molecule has 2 rings (SSSR count). The summed E-state index contributed by atoms with van der Waals surface area (Å²) in [4.78, 5) is 15.5. The lowest BCUT2D eigenvalue weighted by Gasteiger charge is -2.11. The van der Waals surface area contributed by atoms with Gasteiger partial charge in [-0.1, -0.05) is 23.9 Å². The van der Waals surface area contributed by atoms with Crippen molar-refractivity contribution in [3.8, 4) is 0 Å². The van der Waals surface area contributed by atoms with Crippen molar-refractivity contribution >= 4 is 28.7 Å². The first-order chi connectivity index (χ1) is 8.60. The second kappa shape index (κ2) is 5.36. The fourth-order valence-electron chi connectivity index (χ4n) is 1.48. The van der Waals surface area contributed by atoms with Crippen molar-refractivity contribution in [1.29, 1.82) is 0 Å². The molecule has 1 radical (unpaired) electrons. The lowest BCUT2D eigenvalue weighted by molar-refractivity contribution is 0.151. The minimum Gasteiger partial charge on any atom is -0.371 e. The van der Waals surface area contributed by atoms with Crippen LogP contribution in [-0.2, 0) is 0 Å². The second-order valence-electron chi connectivity index (χ2n) is 3.91. The van der Waals surface area contributed by atoms with Crippen molar-refractivity contribution in [2.45, 2.75) is 24.7 Å². The molecule has 0 amide bonds. The van der Waals surface area contributed by atoms with Gasteiger partial charge in [0.05, 0.1) is 6.33 Å². The summed E-state index contributed by atoms with van der Waals surface area (Å²) in [6.45, 7) is 5.59. The average Bonchev–Trinajstić information content (AvgIpc) is 2.75. The Morgan fingerprint density at radius 1 is 1.61 bits per heavy atom. The molecule has 95 valence electrons. The molecule has 0 saturated carbocycles. The molecule has 1 unspecified atom stereocenters. The van der Waals surface area contributed by atoms with E-state index in [1.165, 1.54) is 18.1 Å². The number of aliphatic hydroxyl groups is 1. The van der Waals surface area contributed by atoms with Crippen LogP contribution in [0.3, 0.4) is 0 Å². The summed E-state index contributed by atoms with van der Waals surface area (Å²) in [6, 6.07) is 0. The minimum absolute atomic E-state index is 0.411. The van der Waals surface area contributed by atoms with E-state index in [-0.39, 0.29) is 0 Å². The zero-order chi connectivity index (χ0) is 13.1. The number of hydrogen-bond donors (Lipinski definition) is 2. The van der Waals surface area contributed by atoms with Crippen molar-refractivity contribution in [3.63, 3.8) is 0 Å². The molecule has 0 fully saturated rings. The topological polar surface area (TPSA) is 88.8 Å². The number of imidazole rings is 1. The summed E-state index contributed by atoms with van der Waals surface area (Å²) in [5.74, 6) is 0.426. The molecule has 0 saturated heterocycles. The predicted octanol–water partition coefficient (Wildman–Crippen LogP) is 1.60. The third-order valence-electron chi connectivity index (χ3n) is 2.23. The lowest BCUT2D eigenvalue weighted by Crippen LogP contribution is -2.19. The van der Waals surface area contributed by atoms with Gasteiger partial charge in [-0.25, -0.2) is 20.3 Å². The van der Waals surface area contributed by atoms with Crippen LogP contribution in [0, 0.1) is 0 Å². The van der Waals surface area contributed by atoms with Crippen molar-refractivity contribution in [1.82, 2.24) is 25.3 Å². The van der Waals surface area contributed by atoms with E-state index in [4.69, 9.17) is 0 Å². The first kappa shape index (κ1) is 12.8. The molecule has 2 aromatic heterocycles. The van der Waals surface area contributed by atoms with Gasteiger partial charge in [0.2, 0.25) is 0 Å². The molecule has 1 atom stereocenters. The number of rotatable bonds is 5. The second-order valence-corrected chi connectivity index (χ2v) is 4.68. The average molecular weight is 264 g/mol. The predicted molar refractivity (Wildman–Crippen MR) is 70.7 cm³/mol. The Morgan fingerprint density at radius 3 is 3.06 bits per heavy atom. The first-order valence-corrected chi connectivity index (χ1v) is 6.61. The highest BCUT2D eigenvalue weighted by Gasteiger charge is 2.14. The summed E-state index contributed by atoms with van der Waals surface area (Å²) in [5, 5.41) is 14.6. The van der Waals surface area contributed by atoms with Crippen LogP contribution in [0.1, 0.15) is 13.3 Å². The van der Waals surface area contributed by atoms with Crippen molar-refractivity contribution in [2.24, 2.45) is 0 Å². The smallest absolute Gasteiger partial charge is 0.191 e. The maximum Gasteiger partial charge on any atom is 0.191 e. The normalized spacial score (nSPS) is 12.6. The van der Waals surface area contributed by atoms with Crippen LogP contribution in [0.5, 0.6) is 0 Å². The molecular formula is C11H14N5OS. The maximum atomic E-state index is 9.80. The monoisotopic (exact) mass is 264 g/mol. The van der Waals surface area contributed by atoms with Gasteiger partial charge in [0.1, 0.15) is 5.52 Å². The molecule has 2 aromatic rings. The summed E-state index contributed by atoms with van der Waals surface area (Å²) in [7, 11) is 0. The van der Waals surface area contributed by atoms with Gasteiger partial charge in [-0.05, 0) is 13.2 Å². The van der Waals surface area contributed by atoms with Gasteiger partial charge in [0, 0.05) is 6.42 Å². The molecule has 0 aliphatic carbocycles. The summed E-state index contributed by atoms with van der Waals surface area (Å²) in [6.07, 6.45) is 2.97. The Balaban J connectivity index is 2.30. The van der Waals surface area contributed by atoms with E-state index in [1.807, 2.05) is 13.2 Å². The summed E-state index contributed by atoms with van der Waals surface area (Å²) in [5.41, 5.74) is 2.05. The van der Waals surface area contributed by atoms with Crippen LogP contribution in [0.15, 0.2) is 23.6 Å². The van der Waals surface area contributed by atoms with Crippen LogP contribution in [-0.4, -0.2) is 37.5 Å². The number of aliphatic hydroxyl groups excluding tert-OH is 1. The van der Waals surface area contributed by atoms with Crippen molar-refractivity contribution in [2.75, 3.05) is 6.26 Å². The molecule has 0 aliphatic heterocycles. The zero-order valence-corrected chi connectivity index (χ0v) is 11.0.